The van der Waals surface area contributed by atoms with Gasteiger partial charge in [0.25, 0.3) is 0 Å². The third-order valence-electron chi connectivity index (χ3n) is 9.24. The molecule has 4 saturated carbocycles. The summed E-state index contributed by atoms with van der Waals surface area (Å²) in [6, 6.07) is 0. The van der Waals surface area contributed by atoms with E-state index in [4.69, 9.17) is 0 Å². The molecule has 0 spiro atoms. The van der Waals surface area contributed by atoms with E-state index in [-0.39, 0.29) is 5.78 Å². The standard InChI is InChI=1S/C21H33FO/c1-14(23)21(22)13-10-18-16-8-7-15-6-4-5-11-19(15,2)17(16)9-12-20(18,21)3/h15-18H,4-13H2,1-3H3/t15-,16-,17+,18+,19+,20+,21+/m1/s1. The molecular weight excluding hydrogens is 287 g/mol. The number of carbonyl (C=O) groups excluding carboxylic acids is 1. The summed E-state index contributed by atoms with van der Waals surface area (Å²) >= 11 is 0. The molecule has 4 aliphatic carbocycles. The number of hydrogen-bond acceptors (Lipinski definition) is 1. The zero-order valence-electron chi connectivity index (χ0n) is 15.2. The highest BCUT2D eigenvalue weighted by Gasteiger charge is 2.66. The van der Waals surface area contributed by atoms with Crippen LogP contribution in [0.1, 0.15) is 85.0 Å². The van der Waals surface area contributed by atoms with Gasteiger partial charge >= 0.3 is 0 Å². The van der Waals surface area contributed by atoms with E-state index in [2.05, 4.69) is 13.8 Å². The Morgan fingerprint density at radius 1 is 0.913 bits per heavy atom. The van der Waals surface area contributed by atoms with Gasteiger partial charge in [-0.15, -0.1) is 0 Å². The maximum atomic E-state index is 15.6. The van der Waals surface area contributed by atoms with Crippen molar-refractivity contribution in [3.05, 3.63) is 0 Å². The van der Waals surface area contributed by atoms with Gasteiger partial charge < -0.3 is 0 Å². The van der Waals surface area contributed by atoms with Gasteiger partial charge in [-0.2, -0.15) is 0 Å². The summed E-state index contributed by atoms with van der Waals surface area (Å²) in [7, 11) is 0. The highest BCUT2D eigenvalue weighted by Crippen LogP contribution is 2.69. The Hall–Kier alpha value is -0.400. The smallest absolute Gasteiger partial charge is 0.174 e. The molecule has 1 nitrogen and oxygen atoms in total. The Balaban J connectivity index is 1.67. The number of alkyl halides is 1. The monoisotopic (exact) mass is 320 g/mol. The molecule has 0 unspecified atom stereocenters. The van der Waals surface area contributed by atoms with Gasteiger partial charge in [-0.3, -0.25) is 4.79 Å². The van der Waals surface area contributed by atoms with Crippen molar-refractivity contribution in [1.29, 1.82) is 0 Å². The Bertz CT molecular complexity index is 516. The van der Waals surface area contributed by atoms with Crippen LogP contribution < -0.4 is 0 Å². The fraction of sp³-hybridized carbons (Fsp3) is 0.952. The lowest BCUT2D eigenvalue weighted by atomic mass is 9.44. The van der Waals surface area contributed by atoms with Crippen molar-refractivity contribution in [2.45, 2.75) is 90.6 Å². The molecule has 4 aliphatic rings. The number of halogens is 1. The van der Waals surface area contributed by atoms with E-state index in [0.29, 0.717) is 23.7 Å². The predicted octanol–water partition coefficient (Wildman–Crippen LogP) is 5.72. The Morgan fingerprint density at radius 3 is 2.39 bits per heavy atom. The third kappa shape index (κ3) is 1.93. The van der Waals surface area contributed by atoms with Gasteiger partial charge in [0.15, 0.2) is 11.5 Å². The number of hydrogen-bond donors (Lipinski definition) is 0. The normalized spacial score (nSPS) is 55.7. The predicted molar refractivity (Wildman–Crippen MR) is 90.9 cm³/mol. The minimum Gasteiger partial charge on any atom is -0.296 e. The Kier molecular flexibility index (Phi) is 3.53. The molecule has 4 fully saturated rings. The van der Waals surface area contributed by atoms with Crippen LogP contribution in [0, 0.1) is 34.5 Å². The number of rotatable bonds is 1. The fourth-order valence-corrected chi connectivity index (χ4v) is 7.86. The van der Waals surface area contributed by atoms with E-state index in [1.165, 1.54) is 45.4 Å². The molecule has 0 aromatic carbocycles. The van der Waals surface area contributed by atoms with Crippen molar-refractivity contribution in [3.8, 4) is 0 Å². The molecule has 0 bridgehead atoms. The summed E-state index contributed by atoms with van der Waals surface area (Å²) in [5, 5.41) is 0. The van der Waals surface area contributed by atoms with Gasteiger partial charge in [-0.25, -0.2) is 4.39 Å². The molecule has 0 aliphatic heterocycles. The molecule has 0 saturated heterocycles. The van der Waals surface area contributed by atoms with Gasteiger partial charge in [0.2, 0.25) is 0 Å². The average Bonchev–Trinajstić information content (AvgIpc) is 2.80. The number of carbonyl (C=O) groups is 1. The van der Waals surface area contributed by atoms with Crippen molar-refractivity contribution in [1.82, 2.24) is 0 Å². The average molecular weight is 320 g/mol. The minimum atomic E-state index is -1.55. The first-order valence-corrected chi connectivity index (χ1v) is 10.0. The first-order valence-electron chi connectivity index (χ1n) is 10.0. The molecule has 2 heteroatoms. The lowest BCUT2D eigenvalue weighted by Crippen LogP contribution is -2.56. The van der Waals surface area contributed by atoms with E-state index in [1.54, 1.807) is 0 Å². The molecule has 0 aromatic rings. The molecule has 0 radical (unpaired) electrons. The molecule has 0 aromatic heterocycles. The van der Waals surface area contributed by atoms with Crippen LogP contribution in [-0.4, -0.2) is 11.5 Å². The van der Waals surface area contributed by atoms with Gasteiger partial charge in [-0.1, -0.05) is 26.7 Å². The molecule has 7 atom stereocenters. The van der Waals surface area contributed by atoms with Gasteiger partial charge in [0, 0.05) is 5.41 Å². The first kappa shape index (κ1) is 16.1. The SMILES string of the molecule is CC(=O)[C@@]1(F)CC[C@H]2[C@@H]3CC[C@H]4CCCC[C@]4(C)[C@H]3CC[C@@]21C. The van der Waals surface area contributed by atoms with Crippen molar-refractivity contribution in [3.63, 3.8) is 0 Å². The number of Topliss-reactive ketones (excluding diaryl/α,β-unsaturated/α-hetero) is 1. The van der Waals surface area contributed by atoms with E-state index in [1.807, 2.05) is 0 Å². The van der Waals surface area contributed by atoms with Gasteiger partial charge in [0.1, 0.15) is 0 Å². The topological polar surface area (TPSA) is 17.1 Å². The van der Waals surface area contributed by atoms with E-state index in [9.17, 15) is 4.79 Å². The van der Waals surface area contributed by atoms with Crippen LogP contribution >= 0.6 is 0 Å². The second-order valence-electron chi connectivity index (χ2n) is 9.75. The van der Waals surface area contributed by atoms with Gasteiger partial charge in [0.05, 0.1) is 0 Å². The number of fused-ring (bicyclic) bond motifs is 5. The van der Waals surface area contributed by atoms with Crippen molar-refractivity contribution in [2.75, 3.05) is 0 Å². The van der Waals surface area contributed by atoms with Crippen LogP contribution in [0.2, 0.25) is 0 Å². The van der Waals surface area contributed by atoms with Crippen LogP contribution in [0.4, 0.5) is 4.39 Å². The van der Waals surface area contributed by atoms with Crippen molar-refractivity contribution in [2.24, 2.45) is 34.5 Å². The second kappa shape index (κ2) is 5.05. The lowest BCUT2D eigenvalue weighted by Gasteiger charge is -2.60. The largest absolute Gasteiger partial charge is 0.296 e. The van der Waals surface area contributed by atoms with Crippen LogP contribution in [0.25, 0.3) is 0 Å². The van der Waals surface area contributed by atoms with Crippen LogP contribution in [0.15, 0.2) is 0 Å². The first-order chi connectivity index (χ1) is 10.8. The zero-order chi connectivity index (χ0) is 16.5. The summed E-state index contributed by atoms with van der Waals surface area (Å²) in [4.78, 5) is 12.1. The molecule has 0 heterocycles. The molecule has 23 heavy (non-hydrogen) atoms. The number of ketones is 1. The molecular formula is C21H33FO. The van der Waals surface area contributed by atoms with Crippen molar-refractivity contribution < 1.29 is 9.18 Å². The highest BCUT2D eigenvalue weighted by molar-refractivity contribution is 5.86. The van der Waals surface area contributed by atoms with E-state index >= 15 is 4.39 Å². The van der Waals surface area contributed by atoms with E-state index < -0.39 is 11.1 Å². The summed E-state index contributed by atoms with van der Waals surface area (Å²) < 4.78 is 15.6. The highest BCUT2D eigenvalue weighted by atomic mass is 19.1. The molecule has 0 N–H and O–H groups in total. The maximum Gasteiger partial charge on any atom is 0.174 e. The minimum absolute atomic E-state index is 0.210. The fourth-order valence-electron chi connectivity index (χ4n) is 7.86. The third-order valence-corrected chi connectivity index (χ3v) is 9.24. The van der Waals surface area contributed by atoms with Gasteiger partial charge in [-0.05, 0) is 87.4 Å². The quantitative estimate of drug-likeness (QED) is 0.604. The summed E-state index contributed by atoms with van der Waals surface area (Å²) in [5.74, 6) is 2.60. The lowest BCUT2D eigenvalue weighted by molar-refractivity contribution is -0.152. The molecule has 0 amide bonds. The Labute approximate surface area is 140 Å². The van der Waals surface area contributed by atoms with Crippen LogP contribution in [0.5, 0.6) is 0 Å². The van der Waals surface area contributed by atoms with Crippen LogP contribution in [-0.2, 0) is 4.79 Å². The molecule has 4 rings (SSSR count). The zero-order valence-corrected chi connectivity index (χ0v) is 15.2. The maximum absolute atomic E-state index is 15.6. The Morgan fingerprint density at radius 2 is 1.65 bits per heavy atom. The summed E-state index contributed by atoms with van der Waals surface area (Å²) in [6.07, 6.45) is 11.7. The molecule has 130 valence electrons. The van der Waals surface area contributed by atoms with E-state index in [0.717, 1.165) is 31.1 Å². The second-order valence-corrected chi connectivity index (χ2v) is 9.75. The van der Waals surface area contributed by atoms with Crippen molar-refractivity contribution >= 4 is 5.78 Å². The van der Waals surface area contributed by atoms with Crippen LogP contribution in [0.3, 0.4) is 0 Å². The summed E-state index contributed by atoms with van der Waals surface area (Å²) in [5.41, 5.74) is -1.44. The summed E-state index contributed by atoms with van der Waals surface area (Å²) in [6.45, 7) is 6.15.